The van der Waals surface area contributed by atoms with Crippen LogP contribution >= 0.6 is 11.8 Å². The molecule has 0 radical (unpaired) electrons. The van der Waals surface area contributed by atoms with Gasteiger partial charge in [0, 0.05) is 11.4 Å². The van der Waals surface area contributed by atoms with Crippen LogP contribution < -0.4 is 5.32 Å². The Kier molecular flexibility index (Phi) is 4.87. The minimum Gasteiger partial charge on any atom is -0.464 e. The standard InChI is InChI=1S/C17H25NO2S/c1-5-20-15(19)17(10-16(3,4)11-21-12-17)18-14-9-7-6-8-13(14)2/h6-9,18H,5,10-12H2,1-4H3. The molecule has 0 amide bonds. The first kappa shape index (κ1) is 16.2. The molecule has 0 aliphatic carbocycles. The van der Waals surface area contributed by atoms with Gasteiger partial charge in [-0.3, -0.25) is 0 Å². The number of anilines is 1. The van der Waals surface area contributed by atoms with Gasteiger partial charge in [-0.15, -0.1) is 0 Å². The van der Waals surface area contributed by atoms with E-state index in [1.54, 1.807) is 0 Å². The van der Waals surface area contributed by atoms with Crippen LogP contribution in [0.25, 0.3) is 0 Å². The summed E-state index contributed by atoms with van der Waals surface area (Å²) in [6, 6.07) is 8.09. The molecular weight excluding hydrogens is 282 g/mol. The van der Waals surface area contributed by atoms with Crippen LogP contribution in [-0.2, 0) is 9.53 Å². The van der Waals surface area contributed by atoms with Crippen LogP contribution in [0.4, 0.5) is 5.69 Å². The number of aryl methyl sites for hydroxylation is 1. The van der Waals surface area contributed by atoms with Gasteiger partial charge in [0.05, 0.1) is 6.61 Å². The van der Waals surface area contributed by atoms with Crippen molar-refractivity contribution in [2.75, 3.05) is 23.4 Å². The highest BCUT2D eigenvalue weighted by molar-refractivity contribution is 7.99. The summed E-state index contributed by atoms with van der Waals surface area (Å²) in [6.07, 6.45) is 0.792. The van der Waals surface area contributed by atoms with Gasteiger partial charge in [0.1, 0.15) is 5.54 Å². The molecule has 1 unspecified atom stereocenters. The Labute approximate surface area is 131 Å². The van der Waals surface area contributed by atoms with E-state index in [4.69, 9.17) is 4.74 Å². The van der Waals surface area contributed by atoms with E-state index in [0.29, 0.717) is 6.61 Å². The number of thioether (sulfide) groups is 1. The number of benzene rings is 1. The summed E-state index contributed by atoms with van der Waals surface area (Å²) >= 11 is 1.82. The van der Waals surface area contributed by atoms with Crippen molar-refractivity contribution in [3.05, 3.63) is 29.8 Å². The second-order valence-electron chi connectivity index (χ2n) is 6.58. The number of ether oxygens (including phenoxy) is 1. The third kappa shape index (κ3) is 3.73. The van der Waals surface area contributed by atoms with Gasteiger partial charge in [0.2, 0.25) is 0 Å². The summed E-state index contributed by atoms with van der Waals surface area (Å²) < 4.78 is 5.38. The lowest BCUT2D eigenvalue weighted by atomic mass is 9.79. The largest absolute Gasteiger partial charge is 0.464 e. The van der Waals surface area contributed by atoms with Crippen molar-refractivity contribution in [3.63, 3.8) is 0 Å². The Morgan fingerprint density at radius 3 is 2.67 bits per heavy atom. The van der Waals surface area contributed by atoms with Gasteiger partial charge in [-0.05, 0) is 43.1 Å². The molecule has 116 valence electrons. The number of hydrogen-bond donors (Lipinski definition) is 1. The predicted octanol–water partition coefficient (Wildman–Crippen LogP) is 3.87. The number of hydrogen-bond acceptors (Lipinski definition) is 4. The fourth-order valence-corrected chi connectivity index (χ4v) is 4.32. The van der Waals surface area contributed by atoms with Gasteiger partial charge in [-0.1, -0.05) is 32.0 Å². The maximum absolute atomic E-state index is 12.6. The molecule has 21 heavy (non-hydrogen) atoms. The van der Waals surface area contributed by atoms with Crippen LogP contribution in [0.3, 0.4) is 0 Å². The van der Waals surface area contributed by atoms with Crippen LogP contribution in [0.5, 0.6) is 0 Å². The van der Waals surface area contributed by atoms with Crippen molar-refractivity contribution in [1.82, 2.24) is 0 Å². The molecule has 1 saturated heterocycles. The fraction of sp³-hybridized carbons (Fsp3) is 0.588. The molecule has 3 nitrogen and oxygen atoms in total. The third-order valence-corrected chi connectivity index (χ3v) is 5.49. The van der Waals surface area contributed by atoms with E-state index >= 15 is 0 Å². The third-order valence-electron chi connectivity index (χ3n) is 3.81. The molecule has 1 atom stereocenters. The molecule has 2 rings (SSSR count). The molecule has 1 N–H and O–H groups in total. The Bertz CT molecular complexity index is 515. The summed E-state index contributed by atoms with van der Waals surface area (Å²) in [5, 5.41) is 3.51. The number of rotatable bonds is 4. The van der Waals surface area contributed by atoms with E-state index in [2.05, 4.69) is 32.2 Å². The first-order valence-electron chi connectivity index (χ1n) is 7.47. The number of carbonyl (C=O) groups excluding carboxylic acids is 1. The summed E-state index contributed by atoms with van der Waals surface area (Å²) in [6.45, 7) is 8.77. The van der Waals surface area contributed by atoms with Gasteiger partial charge in [-0.25, -0.2) is 4.79 Å². The number of nitrogens with one attached hydrogen (secondary N) is 1. The lowest BCUT2D eigenvalue weighted by Crippen LogP contribution is -2.55. The molecule has 0 aromatic heterocycles. The summed E-state index contributed by atoms with van der Waals surface area (Å²) in [7, 11) is 0. The molecule has 0 spiro atoms. The smallest absolute Gasteiger partial charge is 0.332 e. The van der Waals surface area contributed by atoms with E-state index in [1.165, 1.54) is 0 Å². The number of para-hydroxylation sites is 1. The first-order chi connectivity index (χ1) is 9.88. The van der Waals surface area contributed by atoms with Gasteiger partial charge in [0.15, 0.2) is 0 Å². The van der Waals surface area contributed by atoms with Crippen LogP contribution in [-0.4, -0.2) is 29.6 Å². The Morgan fingerprint density at radius 1 is 1.33 bits per heavy atom. The molecule has 1 aromatic carbocycles. The zero-order chi connectivity index (χ0) is 15.5. The van der Waals surface area contributed by atoms with E-state index in [0.717, 1.165) is 29.2 Å². The average molecular weight is 307 g/mol. The topological polar surface area (TPSA) is 38.3 Å². The van der Waals surface area contributed by atoms with Crippen molar-refractivity contribution < 1.29 is 9.53 Å². The fourth-order valence-electron chi connectivity index (χ4n) is 2.92. The van der Waals surface area contributed by atoms with Gasteiger partial charge in [0.25, 0.3) is 0 Å². The van der Waals surface area contributed by atoms with Crippen LogP contribution in [0.1, 0.15) is 32.8 Å². The molecule has 0 saturated carbocycles. The minimum absolute atomic E-state index is 0.116. The molecule has 1 fully saturated rings. The summed E-state index contributed by atoms with van der Waals surface area (Å²) in [4.78, 5) is 12.6. The summed E-state index contributed by atoms with van der Waals surface area (Å²) in [5.74, 6) is 1.70. The zero-order valence-corrected chi connectivity index (χ0v) is 14.2. The van der Waals surface area contributed by atoms with Crippen LogP contribution in [0, 0.1) is 12.3 Å². The van der Waals surface area contributed by atoms with Crippen molar-refractivity contribution in [1.29, 1.82) is 0 Å². The van der Waals surface area contributed by atoms with Crippen LogP contribution in [0.2, 0.25) is 0 Å². The molecular formula is C17H25NO2S. The number of esters is 1. The normalized spacial score (nSPS) is 24.4. The van der Waals surface area contributed by atoms with Crippen molar-refractivity contribution >= 4 is 23.4 Å². The molecule has 1 aliphatic heterocycles. The quantitative estimate of drug-likeness (QED) is 0.857. The van der Waals surface area contributed by atoms with E-state index in [1.807, 2.05) is 36.9 Å². The van der Waals surface area contributed by atoms with Gasteiger partial charge >= 0.3 is 5.97 Å². The second-order valence-corrected chi connectivity index (χ2v) is 7.56. The zero-order valence-electron chi connectivity index (χ0n) is 13.4. The van der Waals surface area contributed by atoms with E-state index in [-0.39, 0.29) is 11.4 Å². The second kappa shape index (κ2) is 6.30. The Morgan fingerprint density at radius 2 is 2.05 bits per heavy atom. The van der Waals surface area contributed by atoms with Gasteiger partial charge in [-0.2, -0.15) is 11.8 Å². The predicted molar refractivity (Wildman–Crippen MR) is 89.9 cm³/mol. The SMILES string of the molecule is CCOC(=O)C1(Nc2ccccc2C)CSCC(C)(C)C1. The van der Waals surface area contributed by atoms with Crippen molar-refractivity contribution in [2.45, 2.75) is 39.7 Å². The Balaban J connectivity index is 2.32. The molecule has 0 bridgehead atoms. The van der Waals surface area contributed by atoms with Crippen LogP contribution in [0.15, 0.2) is 24.3 Å². The van der Waals surface area contributed by atoms with Gasteiger partial charge < -0.3 is 10.1 Å². The van der Waals surface area contributed by atoms with E-state index in [9.17, 15) is 4.79 Å². The van der Waals surface area contributed by atoms with Crippen molar-refractivity contribution in [2.24, 2.45) is 5.41 Å². The maximum Gasteiger partial charge on any atom is 0.332 e. The average Bonchev–Trinajstić information content (AvgIpc) is 2.40. The highest BCUT2D eigenvalue weighted by Gasteiger charge is 2.47. The lowest BCUT2D eigenvalue weighted by molar-refractivity contribution is -0.149. The molecule has 1 aromatic rings. The molecule has 4 heteroatoms. The highest BCUT2D eigenvalue weighted by Crippen LogP contribution is 2.41. The van der Waals surface area contributed by atoms with Crippen molar-refractivity contribution in [3.8, 4) is 0 Å². The molecule has 1 aliphatic rings. The maximum atomic E-state index is 12.6. The van der Waals surface area contributed by atoms with E-state index < -0.39 is 5.54 Å². The highest BCUT2D eigenvalue weighted by atomic mass is 32.2. The first-order valence-corrected chi connectivity index (χ1v) is 8.63. The lowest BCUT2D eigenvalue weighted by Gasteiger charge is -2.43. The summed E-state index contributed by atoms with van der Waals surface area (Å²) in [5.41, 5.74) is 1.65. The monoisotopic (exact) mass is 307 g/mol. The Hall–Kier alpha value is -1.16. The minimum atomic E-state index is -0.630. The number of carbonyl (C=O) groups is 1. The molecule has 1 heterocycles.